The van der Waals surface area contributed by atoms with Gasteiger partial charge in [0, 0.05) is 12.3 Å². The predicted octanol–water partition coefficient (Wildman–Crippen LogP) is 6.64. The summed E-state index contributed by atoms with van der Waals surface area (Å²) in [6.07, 6.45) is 16.1. The second kappa shape index (κ2) is 17.1. The van der Waals surface area contributed by atoms with Crippen molar-refractivity contribution in [3.8, 4) is 0 Å². The Morgan fingerprint density at radius 2 is 1.45 bits per heavy atom. The summed E-state index contributed by atoms with van der Waals surface area (Å²) >= 11 is 5.63. The average molecular weight is 333 g/mol. The maximum Gasteiger partial charge on any atom is 0.306 e. The first-order chi connectivity index (χ1) is 10.7. The summed E-state index contributed by atoms with van der Waals surface area (Å²) in [5.74, 6) is 0.590. The van der Waals surface area contributed by atoms with Crippen LogP contribution in [0, 0.1) is 0 Å². The molecule has 1 atom stereocenters. The Hall–Kier alpha value is -0.240. The normalized spacial score (nSPS) is 12.3. The third-order valence-corrected chi connectivity index (χ3v) is 4.32. The lowest BCUT2D eigenvalue weighted by molar-refractivity contribution is -0.149. The van der Waals surface area contributed by atoms with Crippen LogP contribution in [0.1, 0.15) is 104 Å². The number of halogens is 1. The molecule has 132 valence electrons. The van der Waals surface area contributed by atoms with E-state index < -0.39 is 0 Å². The maximum absolute atomic E-state index is 11.8. The summed E-state index contributed by atoms with van der Waals surface area (Å²) in [6, 6.07) is 0. The SMILES string of the molecule is CCCCCCCCCCC(CCC)OC(=O)CCCCCl. The Morgan fingerprint density at radius 3 is 2.05 bits per heavy atom. The Balaban J connectivity index is 3.64. The van der Waals surface area contributed by atoms with Gasteiger partial charge in [-0.25, -0.2) is 0 Å². The summed E-state index contributed by atoms with van der Waals surface area (Å²) in [5, 5.41) is 0. The zero-order valence-electron chi connectivity index (χ0n) is 14.9. The smallest absolute Gasteiger partial charge is 0.306 e. The number of ether oxygens (including phenoxy) is 1. The molecule has 0 aromatic heterocycles. The fourth-order valence-corrected chi connectivity index (χ4v) is 2.89. The molecule has 22 heavy (non-hydrogen) atoms. The molecule has 0 N–H and O–H groups in total. The largest absolute Gasteiger partial charge is 0.462 e. The highest BCUT2D eigenvalue weighted by atomic mass is 35.5. The highest BCUT2D eigenvalue weighted by Gasteiger charge is 2.13. The van der Waals surface area contributed by atoms with Gasteiger partial charge in [-0.2, -0.15) is 0 Å². The highest BCUT2D eigenvalue weighted by Crippen LogP contribution is 2.15. The number of unbranched alkanes of at least 4 members (excludes halogenated alkanes) is 8. The van der Waals surface area contributed by atoms with E-state index in [1.54, 1.807) is 0 Å². The van der Waals surface area contributed by atoms with Crippen molar-refractivity contribution in [1.82, 2.24) is 0 Å². The zero-order chi connectivity index (χ0) is 16.5. The average Bonchev–Trinajstić information content (AvgIpc) is 2.50. The lowest BCUT2D eigenvalue weighted by atomic mass is 10.0. The van der Waals surface area contributed by atoms with Gasteiger partial charge in [0.2, 0.25) is 0 Å². The van der Waals surface area contributed by atoms with E-state index in [1.807, 2.05) is 0 Å². The number of alkyl halides is 1. The number of carbonyl (C=O) groups excluding carboxylic acids is 1. The molecule has 0 rings (SSSR count). The molecule has 0 fully saturated rings. The second-order valence-corrected chi connectivity index (χ2v) is 6.69. The number of rotatable bonds is 16. The maximum atomic E-state index is 11.8. The van der Waals surface area contributed by atoms with E-state index >= 15 is 0 Å². The van der Waals surface area contributed by atoms with E-state index in [-0.39, 0.29) is 12.1 Å². The molecule has 2 nitrogen and oxygen atoms in total. The first-order valence-electron chi connectivity index (χ1n) is 9.50. The van der Waals surface area contributed by atoms with E-state index in [1.165, 1.54) is 51.4 Å². The summed E-state index contributed by atoms with van der Waals surface area (Å²) in [6.45, 7) is 4.41. The van der Waals surface area contributed by atoms with Gasteiger partial charge in [0.1, 0.15) is 6.10 Å². The van der Waals surface area contributed by atoms with Gasteiger partial charge in [-0.15, -0.1) is 11.6 Å². The summed E-state index contributed by atoms with van der Waals surface area (Å²) in [5.41, 5.74) is 0. The third-order valence-electron chi connectivity index (χ3n) is 4.05. The van der Waals surface area contributed by atoms with Crippen LogP contribution in [0.5, 0.6) is 0 Å². The van der Waals surface area contributed by atoms with E-state index in [0.29, 0.717) is 12.3 Å². The lowest BCUT2D eigenvalue weighted by Gasteiger charge is -2.17. The molecular formula is C19H37ClO2. The van der Waals surface area contributed by atoms with Crippen LogP contribution >= 0.6 is 11.6 Å². The topological polar surface area (TPSA) is 26.3 Å². The second-order valence-electron chi connectivity index (χ2n) is 6.31. The Bertz CT molecular complexity index is 244. The third kappa shape index (κ3) is 14.7. The first kappa shape index (κ1) is 21.8. The molecule has 3 heteroatoms. The molecule has 0 aromatic carbocycles. The summed E-state index contributed by atoms with van der Waals surface area (Å²) in [7, 11) is 0. The van der Waals surface area contributed by atoms with Crippen LogP contribution < -0.4 is 0 Å². The molecule has 0 aromatic rings. The van der Waals surface area contributed by atoms with Gasteiger partial charge in [0.25, 0.3) is 0 Å². The van der Waals surface area contributed by atoms with Crippen LogP contribution in [0.4, 0.5) is 0 Å². The van der Waals surface area contributed by atoms with Gasteiger partial charge < -0.3 is 4.74 Å². The monoisotopic (exact) mass is 332 g/mol. The molecule has 1 unspecified atom stereocenters. The quantitative estimate of drug-likeness (QED) is 0.180. The molecule has 0 bridgehead atoms. The molecular weight excluding hydrogens is 296 g/mol. The van der Waals surface area contributed by atoms with Crippen molar-refractivity contribution in [1.29, 1.82) is 0 Å². The van der Waals surface area contributed by atoms with Crippen molar-refractivity contribution in [2.24, 2.45) is 0 Å². The zero-order valence-corrected chi connectivity index (χ0v) is 15.6. The van der Waals surface area contributed by atoms with E-state index in [4.69, 9.17) is 16.3 Å². The van der Waals surface area contributed by atoms with Gasteiger partial charge in [-0.1, -0.05) is 65.2 Å². The lowest BCUT2D eigenvalue weighted by Crippen LogP contribution is -2.18. The van der Waals surface area contributed by atoms with Crippen LogP contribution in [0.15, 0.2) is 0 Å². The van der Waals surface area contributed by atoms with Crippen molar-refractivity contribution in [2.75, 3.05) is 5.88 Å². The first-order valence-corrected chi connectivity index (χ1v) is 10.0. The predicted molar refractivity (Wildman–Crippen MR) is 96.6 cm³/mol. The number of hydrogen-bond donors (Lipinski definition) is 0. The van der Waals surface area contributed by atoms with Crippen molar-refractivity contribution in [2.45, 2.75) is 110 Å². The van der Waals surface area contributed by atoms with Crippen molar-refractivity contribution in [3.63, 3.8) is 0 Å². The standard InChI is InChI=1S/C19H37ClO2/c1-3-5-6-7-8-9-10-11-15-18(14-4-2)22-19(21)16-12-13-17-20/h18H,3-17H2,1-2H3. The highest BCUT2D eigenvalue weighted by molar-refractivity contribution is 6.17. The molecule has 0 amide bonds. The molecule has 0 spiro atoms. The van der Waals surface area contributed by atoms with Gasteiger partial charge in [0.05, 0.1) is 0 Å². The molecule has 0 aliphatic heterocycles. The van der Waals surface area contributed by atoms with Crippen LogP contribution in [0.2, 0.25) is 0 Å². The van der Waals surface area contributed by atoms with Crippen LogP contribution in [0.3, 0.4) is 0 Å². The van der Waals surface area contributed by atoms with Crippen molar-refractivity contribution >= 4 is 17.6 Å². The Labute approximate surface area is 143 Å². The van der Waals surface area contributed by atoms with Gasteiger partial charge >= 0.3 is 5.97 Å². The molecule has 0 radical (unpaired) electrons. The van der Waals surface area contributed by atoms with Gasteiger partial charge in [0.15, 0.2) is 0 Å². The van der Waals surface area contributed by atoms with Crippen LogP contribution in [0.25, 0.3) is 0 Å². The fourth-order valence-electron chi connectivity index (χ4n) is 2.70. The molecule has 0 saturated heterocycles. The summed E-state index contributed by atoms with van der Waals surface area (Å²) in [4.78, 5) is 11.8. The summed E-state index contributed by atoms with van der Waals surface area (Å²) < 4.78 is 5.62. The van der Waals surface area contributed by atoms with Gasteiger partial charge in [-0.05, 0) is 32.1 Å². The molecule has 0 heterocycles. The minimum Gasteiger partial charge on any atom is -0.462 e. The minimum absolute atomic E-state index is 0.0388. The Morgan fingerprint density at radius 1 is 0.818 bits per heavy atom. The van der Waals surface area contributed by atoms with Crippen molar-refractivity contribution in [3.05, 3.63) is 0 Å². The Kier molecular flexibility index (Phi) is 16.9. The molecule has 0 aliphatic carbocycles. The van der Waals surface area contributed by atoms with E-state index in [0.717, 1.165) is 32.1 Å². The fraction of sp³-hybridized carbons (Fsp3) is 0.947. The minimum atomic E-state index is -0.0388. The molecule has 0 saturated carbocycles. The number of carbonyl (C=O) groups is 1. The molecule has 0 aliphatic rings. The van der Waals surface area contributed by atoms with Gasteiger partial charge in [-0.3, -0.25) is 4.79 Å². The number of esters is 1. The van der Waals surface area contributed by atoms with Crippen molar-refractivity contribution < 1.29 is 9.53 Å². The van der Waals surface area contributed by atoms with E-state index in [2.05, 4.69) is 13.8 Å². The number of hydrogen-bond acceptors (Lipinski definition) is 2. The van der Waals surface area contributed by atoms with E-state index in [9.17, 15) is 4.79 Å². The van der Waals surface area contributed by atoms with Crippen LogP contribution in [-0.4, -0.2) is 18.0 Å². The van der Waals surface area contributed by atoms with Crippen LogP contribution in [-0.2, 0) is 9.53 Å².